The van der Waals surface area contributed by atoms with Gasteiger partial charge in [-0.25, -0.2) is 9.37 Å². The number of amides is 1. The molecule has 0 radical (unpaired) electrons. The Morgan fingerprint density at radius 2 is 2.03 bits per heavy atom. The minimum atomic E-state index is -4.57. The minimum Gasteiger partial charge on any atom is -0.346 e. The fourth-order valence-electron chi connectivity index (χ4n) is 2.95. The summed E-state index contributed by atoms with van der Waals surface area (Å²) in [5.74, 6) is -1.22. The smallest absolute Gasteiger partial charge is 0.346 e. The average Bonchev–Trinajstić information content (AvgIpc) is 3.03. The van der Waals surface area contributed by atoms with Crippen molar-refractivity contribution in [1.82, 2.24) is 4.98 Å². The molecule has 2 aromatic rings. The molecular formula is C18H16ClF4N3O2S. The Morgan fingerprint density at radius 1 is 1.34 bits per heavy atom. The fourth-order valence-corrected chi connectivity index (χ4v) is 3.49. The predicted octanol–water partition coefficient (Wildman–Crippen LogP) is 4.28. The van der Waals surface area contributed by atoms with Crippen LogP contribution in [-0.4, -0.2) is 36.1 Å². The number of thiol groups is 1. The highest BCUT2D eigenvalue weighted by molar-refractivity contribution is 7.80. The van der Waals surface area contributed by atoms with Crippen LogP contribution in [0.2, 0.25) is 5.02 Å². The van der Waals surface area contributed by atoms with E-state index in [0.29, 0.717) is 5.69 Å². The van der Waals surface area contributed by atoms with Crippen LogP contribution in [0.25, 0.3) is 0 Å². The number of benzene rings is 1. The van der Waals surface area contributed by atoms with E-state index in [4.69, 9.17) is 16.3 Å². The zero-order valence-corrected chi connectivity index (χ0v) is 16.9. The minimum absolute atomic E-state index is 0.0845. The quantitative estimate of drug-likeness (QED) is 0.561. The lowest BCUT2D eigenvalue weighted by Crippen LogP contribution is -2.47. The third-order valence-corrected chi connectivity index (χ3v) is 5.10. The second kappa shape index (κ2) is 8.00. The highest BCUT2D eigenvalue weighted by atomic mass is 35.5. The number of aromatic nitrogens is 1. The van der Waals surface area contributed by atoms with Crippen molar-refractivity contribution in [3.05, 3.63) is 52.4 Å². The summed E-state index contributed by atoms with van der Waals surface area (Å²) in [6, 6.07) is 4.53. The molecule has 2 unspecified atom stereocenters. The maximum Gasteiger partial charge on any atom is 0.416 e. The Hall–Kier alpha value is -2.04. The van der Waals surface area contributed by atoms with E-state index in [0.717, 1.165) is 18.2 Å². The van der Waals surface area contributed by atoms with Gasteiger partial charge in [-0.05, 0) is 37.3 Å². The molecule has 1 fully saturated rings. The third kappa shape index (κ3) is 4.44. The molecule has 1 saturated heterocycles. The Balaban J connectivity index is 1.94. The van der Waals surface area contributed by atoms with Gasteiger partial charge in [-0.1, -0.05) is 11.6 Å². The highest BCUT2D eigenvalue weighted by Gasteiger charge is 2.41. The molecular weight excluding hydrogens is 434 g/mol. The van der Waals surface area contributed by atoms with Gasteiger partial charge in [-0.15, -0.1) is 12.6 Å². The van der Waals surface area contributed by atoms with Crippen molar-refractivity contribution in [3.8, 4) is 0 Å². The lowest BCUT2D eigenvalue weighted by atomic mass is 10.2. The predicted molar refractivity (Wildman–Crippen MR) is 104 cm³/mol. The van der Waals surface area contributed by atoms with Gasteiger partial charge in [-0.3, -0.25) is 4.79 Å². The molecule has 1 aliphatic rings. The van der Waals surface area contributed by atoms with E-state index in [1.807, 2.05) is 0 Å². The third-order valence-electron chi connectivity index (χ3n) is 4.41. The molecule has 0 spiro atoms. The summed E-state index contributed by atoms with van der Waals surface area (Å²) in [7, 11) is 1.45. The van der Waals surface area contributed by atoms with Crippen LogP contribution in [0, 0.1) is 12.7 Å². The maximum absolute atomic E-state index is 13.4. The first kappa shape index (κ1) is 21.7. The van der Waals surface area contributed by atoms with E-state index in [9.17, 15) is 22.4 Å². The van der Waals surface area contributed by atoms with Crippen molar-refractivity contribution >= 4 is 41.6 Å². The number of ether oxygens (including phenoxy) is 1. The Labute approximate surface area is 174 Å². The SMILES string of the molecule is Cc1cc(C(F)(F)F)cc(N2C(S)OCC2C(=O)N(C)c2ccc(F)c(Cl)c2)n1. The summed E-state index contributed by atoms with van der Waals surface area (Å²) in [4.78, 5) is 19.6. The molecule has 2 heterocycles. The molecule has 11 heteroatoms. The maximum atomic E-state index is 13.4. The average molecular weight is 450 g/mol. The molecule has 1 aliphatic heterocycles. The molecule has 0 aliphatic carbocycles. The number of alkyl halides is 3. The van der Waals surface area contributed by atoms with Crippen LogP contribution in [0.5, 0.6) is 0 Å². The van der Waals surface area contributed by atoms with Crippen LogP contribution >= 0.6 is 24.2 Å². The first-order chi connectivity index (χ1) is 13.5. The van der Waals surface area contributed by atoms with Gasteiger partial charge in [0.2, 0.25) is 0 Å². The Morgan fingerprint density at radius 3 is 2.66 bits per heavy atom. The van der Waals surface area contributed by atoms with E-state index >= 15 is 0 Å². The number of aryl methyl sites for hydroxylation is 1. The molecule has 2 atom stereocenters. The molecule has 5 nitrogen and oxygen atoms in total. The molecule has 1 amide bonds. The van der Waals surface area contributed by atoms with E-state index in [1.54, 1.807) is 0 Å². The number of hydrogen-bond acceptors (Lipinski definition) is 5. The molecule has 29 heavy (non-hydrogen) atoms. The van der Waals surface area contributed by atoms with Crippen LogP contribution in [0.1, 0.15) is 11.3 Å². The molecule has 1 aromatic heterocycles. The number of anilines is 2. The number of pyridine rings is 1. The van der Waals surface area contributed by atoms with Crippen LogP contribution in [0.15, 0.2) is 30.3 Å². The van der Waals surface area contributed by atoms with Crippen molar-refractivity contribution in [2.45, 2.75) is 24.7 Å². The van der Waals surface area contributed by atoms with Crippen molar-refractivity contribution in [3.63, 3.8) is 0 Å². The highest BCUT2D eigenvalue weighted by Crippen LogP contribution is 2.35. The van der Waals surface area contributed by atoms with E-state index in [1.165, 1.54) is 35.9 Å². The zero-order valence-electron chi connectivity index (χ0n) is 15.2. The second-order valence-corrected chi connectivity index (χ2v) is 7.28. The standard InChI is InChI=1S/C18H16ClF4N3O2S/c1-9-5-10(18(21,22)23)6-15(24-9)26-14(8-28-17(26)29)16(27)25(2)11-3-4-13(20)12(19)7-11/h3-7,14,17,29H,8H2,1-2H3. The van der Waals surface area contributed by atoms with Gasteiger partial charge >= 0.3 is 6.18 Å². The fraction of sp³-hybridized carbons (Fsp3) is 0.333. The summed E-state index contributed by atoms with van der Waals surface area (Å²) in [5, 5.41) is -0.163. The van der Waals surface area contributed by atoms with Crippen LogP contribution in [0.4, 0.5) is 29.1 Å². The molecule has 0 saturated carbocycles. The van der Waals surface area contributed by atoms with Crippen molar-refractivity contribution in [1.29, 1.82) is 0 Å². The summed E-state index contributed by atoms with van der Waals surface area (Å²) in [5.41, 5.74) is -1.41. The largest absolute Gasteiger partial charge is 0.416 e. The van der Waals surface area contributed by atoms with Gasteiger partial charge in [0.15, 0.2) is 5.56 Å². The van der Waals surface area contributed by atoms with Crippen molar-refractivity contribution in [2.24, 2.45) is 0 Å². The number of likely N-dealkylation sites (N-methyl/N-ethyl adjacent to an activating group) is 1. The van der Waals surface area contributed by atoms with Gasteiger partial charge in [0.1, 0.15) is 17.7 Å². The summed E-state index contributed by atoms with van der Waals surface area (Å²) in [6.07, 6.45) is -4.57. The van der Waals surface area contributed by atoms with Crippen LogP contribution < -0.4 is 9.80 Å². The van der Waals surface area contributed by atoms with E-state index < -0.39 is 35.1 Å². The lowest BCUT2D eigenvalue weighted by molar-refractivity contribution is -0.137. The molecule has 156 valence electrons. The number of halogens is 5. The Bertz CT molecular complexity index is 944. The molecule has 3 rings (SSSR count). The lowest BCUT2D eigenvalue weighted by Gasteiger charge is -2.29. The first-order valence-electron chi connectivity index (χ1n) is 8.35. The van der Waals surface area contributed by atoms with Gasteiger partial charge in [0, 0.05) is 18.4 Å². The summed E-state index contributed by atoms with van der Waals surface area (Å²) < 4.78 is 58.4. The van der Waals surface area contributed by atoms with Gasteiger partial charge in [0.05, 0.1) is 17.2 Å². The van der Waals surface area contributed by atoms with Crippen molar-refractivity contribution in [2.75, 3.05) is 23.5 Å². The van der Waals surface area contributed by atoms with Gasteiger partial charge < -0.3 is 14.5 Å². The molecule has 0 bridgehead atoms. The number of nitrogens with zero attached hydrogens (tertiary/aromatic N) is 3. The zero-order chi connectivity index (χ0) is 21.5. The van der Waals surface area contributed by atoms with Crippen LogP contribution in [0.3, 0.4) is 0 Å². The number of carbonyl (C=O) groups excluding carboxylic acids is 1. The second-order valence-electron chi connectivity index (χ2n) is 6.43. The monoisotopic (exact) mass is 449 g/mol. The summed E-state index contributed by atoms with van der Waals surface area (Å²) in [6.45, 7) is 1.32. The normalized spacial score (nSPS) is 19.5. The Kier molecular flexibility index (Phi) is 5.98. The first-order valence-corrected chi connectivity index (χ1v) is 9.25. The van der Waals surface area contributed by atoms with Gasteiger partial charge in [-0.2, -0.15) is 13.2 Å². The van der Waals surface area contributed by atoms with Crippen molar-refractivity contribution < 1.29 is 27.1 Å². The molecule has 1 aromatic carbocycles. The van der Waals surface area contributed by atoms with E-state index in [-0.39, 0.29) is 23.1 Å². The number of carbonyl (C=O) groups is 1. The summed E-state index contributed by atoms with van der Waals surface area (Å²) >= 11 is 9.99. The topological polar surface area (TPSA) is 45.7 Å². The number of rotatable bonds is 3. The van der Waals surface area contributed by atoms with Crippen LogP contribution in [-0.2, 0) is 15.7 Å². The number of hydrogen-bond donors (Lipinski definition) is 1. The van der Waals surface area contributed by atoms with E-state index in [2.05, 4.69) is 17.6 Å². The van der Waals surface area contributed by atoms with Gasteiger partial charge in [0.25, 0.3) is 5.91 Å². The molecule has 0 N–H and O–H groups in total.